The van der Waals surface area contributed by atoms with E-state index in [4.69, 9.17) is 4.74 Å². The number of carbonyl (C=O) groups excluding carboxylic acids is 2. The van der Waals surface area contributed by atoms with Gasteiger partial charge in [0.05, 0.1) is 5.70 Å². The van der Waals surface area contributed by atoms with E-state index in [1.165, 1.54) is 0 Å². The van der Waals surface area contributed by atoms with Gasteiger partial charge in [-0.05, 0) is 36.8 Å². The average molecular weight is 325 g/mol. The van der Waals surface area contributed by atoms with Crippen LogP contribution in [-0.4, -0.2) is 23.3 Å². The molecular weight excluding hydrogens is 302 g/mol. The molecule has 4 heteroatoms. The first-order chi connectivity index (χ1) is 11.6. The Hall–Kier alpha value is -2.36. The van der Waals surface area contributed by atoms with Gasteiger partial charge in [-0.1, -0.05) is 43.3 Å². The third-order valence-corrected chi connectivity index (χ3v) is 4.52. The Kier molecular flexibility index (Phi) is 4.84. The van der Waals surface area contributed by atoms with Crippen LogP contribution in [0.2, 0.25) is 0 Å². The number of carbonyl (C=O) groups is 2. The van der Waals surface area contributed by atoms with Crippen molar-refractivity contribution in [2.24, 2.45) is 5.92 Å². The van der Waals surface area contributed by atoms with Gasteiger partial charge in [0.25, 0.3) is 0 Å². The van der Waals surface area contributed by atoms with Crippen molar-refractivity contribution in [3.63, 3.8) is 0 Å². The van der Waals surface area contributed by atoms with E-state index in [0.29, 0.717) is 30.9 Å². The standard InChI is InChI=1S/C20H23NO3/c1-14-11-15(2)19-17(12-14)18(22)9-6-10-21(19)20(23)24-13-16-7-4-3-5-8-16/h3-5,7-8,12,14H,6,9-11,13H2,1-2H3. The Morgan fingerprint density at radius 3 is 2.79 bits per heavy atom. The van der Waals surface area contributed by atoms with Crippen LogP contribution >= 0.6 is 0 Å². The largest absolute Gasteiger partial charge is 0.444 e. The van der Waals surface area contributed by atoms with Gasteiger partial charge in [0.15, 0.2) is 5.78 Å². The Bertz CT molecular complexity index is 703. The van der Waals surface area contributed by atoms with Crippen molar-refractivity contribution in [1.29, 1.82) is 0 Å². The second-order valence-corrected chi connectivity index (χ2v) is 6.61. The maximum Gasteiger partial charge on any atom is 0.414 e. The second kappa shape index (κ2) is 7.04. The highest BCUT2D eigenvalue weighted by atomic mass is 16.6. The lowest BCUT2D eigenvalue weighted by Gasteiger charge is -2.29. The summed E-state index contributed by atoms with van der Waals surface area (Å²) in [7, 11) is 0. The van der Waals surface area contributed by atoms with Crippen LogP contribution in [0.25, 0.3) is 0 Å². The first-order valence-corrected chi connectivity index (χ1v) is 8.49. The minimum absolute atomic E-state index is 0.134. The van der Waals surface area contributed by atoms with Gasteiger partial charge in [-0.15, -0.1) is 0 Å². The number of ether oxygens (including phenoxy) is 1. The Morgan fingerprint density at radius 1 is 1.29 bits per heavy atom. The van der Waals surface area contributed by atoms with E-state index in [-0.39, 0.29) is 18.5 Å². The highest BCUT2D eigenvalue weighted by molar-refractivity contribution is 6.01. The molecule has 1 unspecified atom stereocenters. The van der Waals surface area contributed by atoms with Crippen molar-refractivity contribution in [3.05, 3.63) is 58.8 Å². The van der Waals surface area contributed by atoms with Crippen molar-refractivity contribution >= 4 is 11.9 Å². The molecule has 1 aromatic carbocycles. The van der Waals surface area contributed by atoms with Crippen molar-refractivity contribution < 1.29 is 14.3 Å². The molecule has 1 aliphatic carbocycles. The van der Waals surface area contributed by atoms with Gasteiger partial charge >= 0.3 is 6.09 Å². The number of fused-ring (bicyclic) bond motifs is 1. The smallest absolute Gasteiger partial charge is 0.414 e. The fourth-order valence-electron chi connectivity index (χ4n) is 3.46. The number of rotatable bonds is 2. The Balaban J connectivity index is 1.81. The summed E-state index contributed by atoms with van der Waals surface area (Å²) < 4.78 is 5.50. The van der Waals surface area contributed by atoms with Crippen LogP contribution < -0.4 is 0 Å². The molecule has 0 spiro atoms. The summed E-state index contributed by atoms with van der Waals surface area (Å²) >= 11 is 0. The fraction of sp³-hybridized carbons (Fsp3) is 0.400. The molecule has 1 amide bonds. The summed E-state index contributed by atoms with van der Waals surface area (Å²) in [5, 5.41) is 0. The molecule has 1 aliphatic heterocycles. The molecular formula is C20H23NO3. The van der Waals surface area contributed by atoms with Crippen LogP contribution in [0.15, 0.2) is 53.3 Å². The SMILES string of the molecule is CC1=C2C(=CC(C)C1)C(=O)CCCN2C(=O)OCc1ccccc1. The van der Waals surface area contributed by atoms with E-state index in [1.807, 2.05) is 43.3 Å². The average Bonchev–Trinajstić information content (AvgIpc) is 2.73. The molecule has 1 atom stereocenters. The minimum atomic E-state index is -0.372. The topological polar surface area (TPSA) is 46.6 Å². The van der Waals surface area contributed by atoms with Gasteiger partial charge in [-0.25, -0.2) is 4.79 Å². The monoisotopic (exact) mass is 325 g/mol. The molecule has 1 aromatic rings. The highest BCUT2D eigenvalue weighted by Gasteiger charge is 2.32. The first-order valence-electron chi connectivity index (χ1n) is 8.49. The first kappa shape index (κ1) is 16.5. The molecule has 0 N–H and O–H groups in total. The molecule has 0 radical (unpaired) electrons. The van der Waals surface area contributed by atoms with Gasteiger partial charge < -0.3 is 4.74 Å². The fourth-order valence-corrected chi connectivity index (χ4v) is 3.46. The van der Waals surface area contributed by atoms with Gasteiger partial charge in [0.1, 0.15) is 6.61 Å². The maximum atomic E-state index is 12.6. The van der Waals surface area contributed by atoms with E-state index in [9.17, 15) is 9.59 Å². The molecule has 4 nitrogen and oxygen atoms in total. The van der Waals surface area contributed by atoms with Gasteiger partial charge in [0.2, 0.25) is 0 Å². The number of Topliss-reactive ketones (excluding diaryl/α,β-unsaturated/α-hetero) is 1. The molecule has 126 valence electrons. The molecule has 1 heterocycles. The van der Waals surface area contributed by atoms with Crippen molar-refractivity contribution in [2.45, 2.75) is 39.7 Å². The molecule has 2 aliphatic rings. The van der Waals surface area contributed by atoms with E-state index in [2.05, 4.69) is 6.92 Å². The lowest BCUT2D eigenvalue weighted by atomic mass is 9.87. The zero-order valence-electron chi connectivity index (χ0n) is 14.2. The van der Waals surface area contributed by atoms with Crippen LogP contribution in [0.4, 0.5) is 4.79 Å². The quantitative estimate of drug-likeness (QED) is 0.817. The predicted octanol–water partition coefficient (Wildman–Crippen LogP) is 4.23. The number of benzene rings is 1. The summed E-state index contributed by atoms with van der Waals surface area (Å²) in [6.07, 6.45) is 3.66. The number of hydrogen-bond acceptors (Lipinski definition) is 3. The number of hydrogen-bond donors (Lipinski definition) is 0. The molecule has 0 saturated carbocycles. The third-order valence-electron chi connectivity index (χ3n) is 4.52. The maximum absolute atomic E-state index is 12.6. The number of ketones is 1. The summed E-state index contributed by atoms with van der Waals surface area (Å²) in [6, 6.07) is 9.63. The third kappa shape index (κ3) is 3.42. The zero-order chi connectivity index (χ0) is 17.1. The summed E-state index contributed by atoms with van der Waals surface area (Å²) in [5.41, 5.74) is 3.51. The van der Waals surface area contributed by atoms with E-state index in [0.717, 1.165) is 23.3 Å². The number of allylic oxidation sites excluding steroid dienone is 3. The van der Waals surface area contributed by atoms with Gasteiger partial charge in [0, 0.05) is 18.5 Å². The van der Waals surface area contributed by atoms with Crippen molar-refractivity contribution in [3.8, 4) is 0 Å². The lowest BCUT2D eigenvalue weighted by Crippen LogP contribution is -2.33. The number of nitrogens with zero attached hydrogens (tertiary/aromatic N) is 1. The normalized spacial score (nSPS) is 21.1. The molecule has 24 heavy (non-hydrogen) atoms. The van der Waals surface area contributed by atoms with Crippen molar-refractivity contribution in [1.82, 2.24) is 4.90 Å². The van der Waals surface area contributed by atoms with Gasteiger partial charge in [-0.2, -0.15) is 0 Å². The molecule has 1 fully saturated rings. The summed E-state index contributed by atoms with van der Waals surface area (Å²) in [4.78, 5) is 26.7. The van der Waals surface area contributed by atoms with E-state index < -0.39 is 0 Å². The lowest BCUT2D eigenvalue weighted by molar-refractivity contribution is -0.115. The molecule has 1 saturated heterocycles. The van der Waals surface area contributed by atoms with E-state index in [1.54, 1.807) is 4.90 Å². The molecule has 0 bridgehead atoms. The minimum Gasteiger partial charge on any atom is -0.444 e. The van der Waals surface area contributed by atoms with Gasteiger partial charge in [-0.3, -0.25) is 9.69 Å². The van der Waals surface area contributed by atoms with Crippen LogP contribution in [0, 0.1) is 5.92 Å². The van der Waals surface area contributed by atoms with Crippen LogP contribution in [0.3, 0.4) is 0 Å². The van der Waals surface area contributed by atoms with E-state index >= 15 is 0 Å². The van der Waals surface area contributed by atoms with Crippen LogP contribution in [-0.2, 0) is 16.1 Å². The number of likely N-dealkylation sites (tertiary alicyclic amines) is 1. The van der Waals surface area contributed by atoms with Crippen LogP contribution in [0.5, 0.6) is 0 Å². The zero-order valence-corrected chi connectivity index (χ0v) is 14.2. The number of amides is 1. The molecule has 0 aromatic heterocycles. The van der Waals surface area contributed by atoms with Crippen LogP contribution in [0.1, 0.15) is 38.7 Å². The summed E-state index contributed by atoms with van der Waals surface area (Å²) in [6.45, 7) is 4.88. The Labute approximate surface area is 142 Å². The Morgan fingerprint density at radius 2 is 2.04 bits per heavy atom. The highest BCUT2D eigenvalue weighted by Crippen LogP contribution is 2.34. The second-order valence-electron chi connectivity index (χ2n) is 6.61. The van der Waals surface area contributed by atoms with Crippen molar-refractivity contribution in [2.75, 3.05) is 6.54 Å². The summed E-state index contributed by atoms with van der Waals surface area (Å²) in [5.74, 6) is 0.460. The predicted molar refractivity (Wildman–Crippen MR) is 92.1 cm³/mol. The molecule has 3 rings (SSSR count).